The Kier molecular flexibility index (Phi) is 5.79. The first-order valence-electron chi connectivity index (χ1n) is 12.2. The minimum Gasteiger partial charge on any atom is -0.353 e. The SMILES string of the molecule is CCC(=O)CN1CCC(c2ccc3[nH]c(-c4cc(C)c5nccn5n4)c(C(C)C)c3c2)CC1. The summed E-state index contributed by atoms with van der Waals surface area (Å²) >= 11 is 0. The average molecular weight is 444 g/mol. The Morgan fingerprint density at radius 3 is 2.73 bits per heavy atom. The molecule has 0 aliphatic carbocycles. The summed E-state index contributed by atoms with van der Waals surface area (Å²) in [6, 6.07) is 9.04. The average Bonchev–Trinajstić information content (AvgIpc) is 3.44. The quantitative estimate of drug-likeness (QED) is 0.429. The summed E-state index contributed by atoms with van der Waals surface area (Å²) in [6.45, 7) is 11.1. The van der Waals surface area contributed by atoms with E-state index in [0.717, 1.165) is 54.0 Å². The van der Waals surface area contributed by atoms with Gasteiger partial charge in [-0.05, 0) is 79.6 Å². The van der Waals surface area contributed by atoms with Crippen LogP contribution in [0.15, 0.2) is 36.7 Å². The van der Waals surface area contributed by atoms with E-state index in [-0.39, 0.29) is 0 Å². The number of imidazole rings is 1. The lowest BCUT2D eigenvalue weighted by atomic mass is 9.87. The van der Waals surface area contributed by atoms with Gasteiger partial charge in [-0.15, -0.1) is 0 Å². The molecule has 4 heterocycles. The molecular weight excluding hydrogens is 410 g/mol. The van der Waals surface area contributed by atoms with Crippen LogP contribution in [0, 0.1) is 6.92 Å². The molecule has 6 nitrogen and oxygen atoms in total. The molecule has 0 saturated carbocycles. The van der Waals surface area contributed by atoms with E-state index in [1.165, 1.54) is 16.5 Å². The molecule has 0 unspecified atom stereocenters. The summed E-state index contributed by atoms with van der Waals surface area (Å²) in [6.07, 6.45) is 6.54. The fraction of sp³-hybridized carbons (Fsp3) is 0.444. The van der Waals surface area contributed by atoms with Crippen LogP contribution in [0.4, 0.5) is 0 Å². The van der Waals surface area contributed by atoms with Crippen LogP contribution in [0.25, 0.3) is 27.9 Å². The number of rotatable bonds is 6. The number of nitrogens with one attached hydrogen (secondary N) is 1. The minimum atomic E-state index is 0.342. The van der Waals surface area contributed by atoms with Crippen LogP contribution in [0.1, 0.15) is 68.6 Å². The highest BCUT2D eigenvalue weighted by atomic mass is 16.1. The highest BCUT2D eigenvalue weighted by Crippen LogP contribution is 2.38. The topological polar surface area (TPSA) is 66.3 Å². The van der Waals surface area contributed by atoms with Crippen LogP contribution in [0.5, 0.6) is 0 Å². The number of hydrogen-bond acceptors (Lipinski definition) is 4. The van der Waals surface area contributed by atoms with E-state index in [4.69, 9.17) is 5.10 Å². The number of aryl methyl sites for hydroxylation is 1. The summed E-state index contributed by atoms with van der Waals surface area (Å²) in [4.78, 5) is 22.2. The van der Waals surface area contributed by atoms with Gasteiger partial charge >= 0.3 is 0 Å². The maximum Gasteiger partial charge on any atom is 0.156 e. The predicted octanol–water partition coefficient (Wildman–Crippen LogP) is 5.47. The molecule has 0 amide bonds. The number of carbonyl (C=O) groups excluding carboxylic acids is 1. The lowest BCUT2D eigenvalue weighted by Gasteiger charge is -2.31. The van der Waals surface area contributed by atoms with Gasteiger partial charge in [0, 0.05) is 29.7 Å². The molecule has 1 N–H and O–H groups in total. The highest BCUT2D eigenvalue weighted by Gasteiger charge is 2.24. The number of fused-ring (bicyclic) bond motifs is 2. The fourth-order valence-electron chi connectivity index (χ4n) is 5.27. The number of ketones is 1. The second-order valence-corrected chi connectivity index (χ2v) is 9.72. The van der Waals surface area contributed by atoms with Crippen molar-refractivity contribution in [3.8, 4) is 11.4 Å². The molecule has 3 aromatic heterocycles. The van der Waals surface area contributed by atoms with Gasteiger partial charge in [0.25, 0.3) is 0 Å². The van der Waals surface area contributed by atoms with Gasteiger partial charge in [0.05, 0.1) is 12.2 Å². The summed E-state index contributed by atoms with van der Waals surface area (Å²) < 4.78 is 1.86. The molecule has 0 bridgehead atoms. The van der Waals surface area contributed by atoms with Crippen molar-refractivity contribution in [2.75, 3.05) is 19.6 Å². The molecule has 1 aliphatic rings. The zero-order chi connectivity index (χ0) is 23.1. The maximum atomic E-state index is 11.8. The summed E-state index contributed by atoms with van der Waals surface area (Å²) in [5.74, 6) is 1.25. The van der Waals surface area contributed by atoms with Gasteiger partial charge < -0.3 is 4.98 Å². The van der Waals surface area contributed by atoms with Crippen LogP contribution in [0.2, 0.25) is 0 Å². The van der Waals surface area contributed by atoms with Crippen LogP contribution in [-0.2, 0) is 4.79 Å². The van der Waals surface area contributed by atoms with E-state index in [2.05, 4.69) is 59.9 Å². The van der Waals surface area contributed by atoms with Crippen molar-refractivity contribution in [1.82, 2.24) is 24.5 Å². The molecular formula is C27H33N5O. The molecule has 0 spiro atoms. The Labute approximate surface area is 195 Å². The first kappa shape index (κ1) is 21.8. The molecule has 5 rings (SSSR count). The molecule has 4 aromatic rings. The van der Waals surface area contributed by atoms with Gasteiger partial charge in [0.15, 0.2) is 5.65 Å². The zero-order valence-electron chi connectivity index (χ0n) is 20.1. The van der Waals surface area contributed by atoms with Crippen LogP contribution >= 0.6 is 0 Å². The Morgan fingerprint density at radius 2 is 2.00 bits per heavy atom. The molecule has 0 atom stereocenters. The minimum absolute atomic E-state index is 0.342. The predicted molar refractivity (Wildman–Crippen MR) is 133 cm³/mol. The van der Waals surface area contributed by atoms with Crippen molar-refractivity contribution in [2.45, 2.75) is 58.8 Å². The fourth-order valence-corrected chi connectivity index (χ4v) is 5.27. The summed E-state index contributed by atoms with van der Waals surface area (Å²) in [7, 11) is 0. The molecule has 6 heteroatoms. The highest BCUT2D eigenvalue weighted by molar-refractivity contribution is 5.91. The normalized spacial score (nSPS) is 15.8. The van der Waals surface area contributed by atoms with E-state index in [0.29, 0.717) is 30.6 Å². The number of aromatic amines is 1. The van der Waals surface area contributed by atoms with Gasteiger partial charge in [-0.1, -0.05) is 26.8 Å². The van der Waals surface area contributed by atoms with Crippen molar-refractivity contribution in [3.63, 3.8) is 0 Å². The molecule has 1 fully saturated rings. The van der Waals surface area contributed by atoms with E-state index < -0.39 is 0 Å². The standard InChI is InChI=1S/C27H33N5O/c1-5-21(33)16-31-11-8-19(9-12-31)20-6-7-23-22(15-20)25(17(2)3)26(29-23)24-14-18(4)27-28-10-13-32(27)30-24/h6-7,10,13-15,17,19,29H,5,8-9,11-12,16H2,1-4H3. The van der Waals surface area contributed by atoms with Crippen molar-refractivity contribution in [1.29, 1.82) is 0 Å². The number of piperidine rings is 1. The van der Waals surface area contributed by atoms with Crippen LogP contribution in [-0.4, -0.2) is 49.9 Å². The first-order chi connectivity index (χ1) is 15.9. The van der Waals surface area contributed by atoms with Gasteiger partial charge in [0.2, 0.25) is 0 Å². The first-order valence-corrected chi connectivity index (χ1v) is 12.2. The third-order valence-corrected chi connectivity index (χ3v) is 7.09. The molecule has 1 aromatic carbocycles. The lowest BCUT2D eigenvalue weighted by Crippen LogP contribution is -2.36. The van der Waals surface area contributed by atoms with E-state index in [9.17, 15) is 4.79 Å². The Bertz CT molecular complexity index is 1310. The smallest absolute Gasteiger partial charge is 0.156 e. The van der Waals surface area contributed by atoms with Gasteiger partial charge in [-0.3, -0.25) is 9.69 Å². The van der Waals surface area contributed by atoms with Crippen LogP contribution in [0.3, 0.4) is 0 Å². The third-order valence-electron chi connectivity index (χ3n) is 7.09. The van der Waals surface area contributed by atoms with Crippen molar-refractivity contribution >= 4 is 22.3 Å². The van der Waals surface area contributed by atoms with Gasteiger partial charge in [0.1, 0.15) is 11.5 Å². The third kappa shape index (κ3) is 4.08. The van der Waals surface area contributed by atoms with Crippen molar-refractivity contribution < 1.29 is 4.79 Å². The number of hydrogen-bond donors (Lipinski definition) is 1. The number of benzene rings is 1. The van der Waals surface area contributed by atoms with Gasteiger partial charge in [-0.25, -0.2) is 9.50 Å². The molecule has 33 heavy (non-hydrogen) atoms. The van der Waals surface area contributed by atoms with Crippen LogP contribution < -0.4 is 0 Å². The van der Waals surface area contributed by atoms with E-state index in [1.807, 2.05) is 17.6 Å². The molecule has 172 valence electrons. The largest absolute Gasteiger partial charge is 0.353 e. The summed E-state index contributed by atoms with van der Waals surface area (Å²) in [5, 5.41) is 6.14. The number of H-pyrrole nitrogens is 1. The molecule has 1 saturated heterocycles. The monoisotopic (exact) mass is 443 g/mol. The van der Waals surface area contributed by atoms with Gasteiger partial charge in [-0.2, -0.15) is 5.10 Å². The Hall–Kier alpha value is -2.99. The number of nitrogens with zero attached hydrogens (tertiary/aromatic N) is 4. The Balaban J connectivity index is 1.48. The second kappa shape index (κ2) is 8.75. The number of aromatic nitrogens is 4. The van der Waals surface area contributed by atoms with Crippen molar-refractivity contribution in [2.24, 2.45) is 0 Å². The molecule has 0 radical (unpaired) electrons. The summed E-state index contributed by atoms with van der Waals surface area (Å²) in [5.41, 5.74) is 7.96. The zero-order valence-corrected chi connectivity index (χ0v) is 20.1. The van der Waals surface area contributed by atoms with E-state index in [1.54, 1.807) is 6.20 Å². The van der Waals surface area contributed by atoms with E-state index >= 15 is 0 Å². The number of carbonyl (C=O) groups is 1. The molecule has 1 aliphatic heterocycles. The Morgan fingerprint density at radius 1 is 1.21 bits per heavy atom. The lowest BCUT2D eigenvalue weighted by molar-refractivity contribution is -0.120. The number of likely N-dealkylation sites (tertiary alicyclic amines) is 1. The maximum absolute atomic E-state index is 11.8. The number of Topliss-reactive ketones (excluding diaryl/α,β-unsaturated/α-hetero) is 1. The van der Waals surface area contributed by atoms with Crippen molar-refractivity contribution in [3.05, 3.63) is 53.3 Å². The second-order valence-electron chi connectivity index (χ2n) is 9.72.